The topological polar surface area (TPSA) is 45.1 Å². The van der Waals surface area contributed by atoms with Gasteiger partial charge in [0.1, 0.15) is 11.3 Å². The Hall–Kier alpha value is -2.56. The molecule has 0 aliphatic heterocycles. The zero-order chi connectivity index (χ0) is 17.2. The summed E-state index contributed by atoms with van der Waals surface area (Å²) in [6.45, 7) is 0. The SMILES string of the molecule is Oc1c(C(Nc2ccccc2Cl)c2cccs2)ccc2cccnc12. The van der Waals surface area contributed by atoms with Crippen LogP contribution in [0.4, 0.5) is 5.69 Å². The molecule has 0 amide bonds. The number of pyridine rings is 1. The van der Waals surface area contributed by atoms with Gasteiger partial charge in [-0.2, -0.15) is 0 Å². The first-order valence-electron chi connectivity index (χ1n) is 7.85. The van der Waals surface area contributed by atoms with Crippen molar-refractivity contribution in [2.24, 2.45) is 0 Å². The van der Waals surface area contributed by atoms with Crippen molar-refractivity contribution in [3.63, 3.8) is 0 Å². The lowest BCUT2D eigenvalue weighted by Gasteiger charge is -2.21. The molecule has 0 bridgehead atoms. The van der Waals surface area contributed by atoms with Crippen LogP contribution in [0.2, 0.25) is 5.02 Å². The van der Waals surface area contributed by atoms with Crippen LogP contribution in [0.3, 0.4) is 0 Å². The van der Waals surface area contributed by atoms with Crippen LogP contribution in [-0.4, -0.2) is 10.1 Å². The Kier molecular flexibility index (Phi) is 4.30. The monoisotopic (exact) mass is 366 g/mol. The Morgan fingerprint density at radius 2 is 1.88 bits per heavy atom. The van der Waals surface area contributed by atoms with Crippen molar-refractivity contribution < 1.29 is 5.11 Å². The standard InChI is InChI=1S/C20H15ClN2OS/c21-15-6-1-2-7-16(15)23-19(17-8-4-12-25-17)14-10-9-13-5-3-11-22-18(13)20(14)24/h1-12,19,23-24H. The number of hydrogen-bond donors (Lipinski definition) is 2. The van der Waals surface area contributed by atoms with E-state index in [9.17, 15) is 5.11 Å². The number of aromatic hydroxyl groups is 1. The Labute approximate surface area is 154 Å². The van der Waals surface area contributed by atoms with Gasteiger partial charge in [-0.05, 0) is 29.6 Å². The molecule has 0 saturated carbocycles. The van der Waals surface area contributed by atoms with Crippen molar-refractivity contribution >= 4 is 39.5 Å². The van der Waals surface area contributed by atoms with E-state index in [1.54, 1.807) is 17.5 Å². The number of aromatic nitrogens is 1. The van der Waals surface area contributed by atoms with Crippen molar-refractivity contribution in [1.29, 1.82) is 0 Å². The molecule has 25 heavy (non-hydrogen) atoms. The van der Waals surface area contributed by atoms with Crippen molar-refractivity contribution in [2.75, 3.05) is 5.32 Å². The highest BCUT2D eigenvalue weighted by atomic mass is 35.5. The summed E-state index contributed by atoms with van der Waals surface area (Å²) in [5.74, 6) is 0.191. The molecule has 2 N–H and O–H groups in total. The van der Waals surface area contributed by atoms with Gasteiger partial charge in [-0.25, -0.2) is 0 Å². The largest absolute Gasteiger partial charge is 0.505 e. The zero-order valence-corrected chi connectivity index (χ0v) is 14.8. The Balaban J connectivity index is 1.84. The number of nitrogens with one attached hydrogen (secondary N) is 1. The number of anilines is 1. The summed E-state index contributed by atoms with van der Waals surface area (Å²) < 4.78 is 0. The van der Waals surface area contributed by atoms with E-state index in [0.29, 0.717) is 10.5 Å². The fraction of sp³-hybridized carbons (Fsp3) is 0.0500. The highest BCUT2D eigenvalue weighted by Crippen LogP contribution is 2.38. The molecule has 0 aliphatic rings. The van der Waals surface area contributed by atoms with Gasteiger partial charge < -0.3 is 10.4 Å². The molecule has 1 unspecified atom stereocenters. The minimum absolute atomic E-state index is 0.191. The Morgan fingerprint density at radius 1 is 1.00 bits per heavy atom. The summed E-state index contributed by atoms with van der Waals surface area (Å²) in [4.78, 5) is 5.42. The van der Waals surface area contributed by atoms with Gasteiger partial charge in [0.25, 0.3) is 0 Å². The Morgan fingerprint density at radius 3 is 2.68 bits per heavy atom. The van der Waals surface area contributed by atoms with Gasteiger partial charge in [-0.15, -0.1) is 11.3 Å². The van der Waals surface area contributed by atoms with Crippen LogP contribution in [0.25, 0.3) is 10.9 Å². The van der Waals surface area contributed by atoms with Crippen molar-refractivity contribution in [3.8, 4) is 5.75 Å². The van der Waals surface area contributed by atoms with E-state index in [2.05, 4.69) is 10.3 Å². The fourth-order valence-corrected chi connectivity index (χ4v) is 3.85. The highest BCUT2D eigenvalue weighted by molar-refractivity contribution is 7.10. The average Bonchev–Trinajstić information content (AvgIpc) is 3.17. The minimum atomic E-state index is -0.216. The molecule has 4 aromatic rings. The van der Waals surface area contributed by atoms with Crippen molar-refractivity contribution in [1.82, 2.24) is 4.98 Å². The second-order valence-corrected chi connectivity index (χ2v) is 7.04. The van der Waals surface area contributed by atoms with E-state index in [4.69, 9.17) is 11.6 Å². The molecular weight excluding hydrogens is 352 g/mol. The van der Waals surface area contributed by atoms with Crippen molar-refractivity contribution in [2.45, 2.75) is 6.04 Å². The van der Waals surface area contributed by atoms with Gasteiger partial charge in [-0.3, -0.25) is 4.98 Å². The summed E-state index contributed by atoms with van der Waals surface area (Å²) >= 11 is 7.95. The molecular formula is C20H15ClN2OS. The lowest BCUT2D eigenvalue weighted by Crippen LogP contribution is -2.11. The Bertz CT molecular complexity index is 1020. The molecule has 0 aliphatic carbocycles. The van der Waals surface area contributed by atoms with Gasteiger partial charge >= 0.3 is 0 Å². The molecule has 0 radical (unpaired) electrons. The number of halogens is 1. The summed E-state index contributed by atoms with van der Waals surface area (Å²) in [7, 11) is 0. The van der Waals surface area contributed by atoms with Crippen LogP contribution < -0.4 is 5.32 Å². The second-order valence-electron chi connectivity index (χ2n) is 5.65. The molecule has 0 saturated heterocycles. The van der Waals surface area contributed by atoms with E-state index < -0.39 is 0 Å². The maximum absolute atomic E-state index is 10.8. The number of para-hydroxylation sites is 1. The molecule has 124 valence electrons. The quantitative estimate of drug-likeness (QED) is 0.475. The lowest BCUT2D eigenvalue weighted by atomic mass is 10.0. The predicted molar refractivity (Wildman–Crippen MR) is 105 cm³/mol. The number of fused-ring (bicyclic) bond motifs is 1. The van der Waals surface area contributed by atoms with Crippen LogP contribution in [0.1, 0.15) is 16.5 Å². The van der Waals surface area contributed by atoms with E-state index in [0.717, 1.165) is 21.5 Å². The minimum Gasteiger partial charge on any atom is -0.505 e. The maximum Gasteiger partial charge on any atom is 0.147 e. The lowest BCUT2D eigenvalue weighted by molar-refractivity contribution is 0.472. The number of nitrogens with zero attached hydrogens (tertiary/aromatic N) is 1. The summed E-state index contributed by atoms with van der Waals surface area (Å²) in [6.07, 6.45) is 1.69. The molecule has 2 aromatic heterocycles. The molecule has 0 spiro atoms. The van der Waals surface area contributed by atoms with E-state index in [-0.39, 0.29) is 11.8 Å². The highest BCUT2D eigenvalue weighted by Gasteiger charge is 2.21. The smallest absolute Gasteiger partial charge is 0.147 e. The van der Waals surface area contributed by atoms with E-state index >= 15 is 0 Å². The zero-order valence-electron chi connectivity index (χ0n) is 13.2. The number of benzene rings is 2. The van der Waals surface area contributed by atoms with Crippen LogP contribution in [0, 0.1) is 0 Å². The predicted octanol–water partition coefficient (Wildman–Crippen LogP) is 5.86. The second kappa shape index (κ2) is 6.75. The van der Waals surface area contributed by atoms with Gasteiger partial charge in [0.05, 0.1) is 16.8 Å². The molecule has 1 atom stereocenters. The van der Waals surface area contributed by atoms with Crippen molar-refractivity contribution in [3.05, 3.63) is 87.7 Å². The van der Waals surface area contributed by atoms with Crippen LogP contribution >= 0.6 is 22.9 Å². The summed E-state index contributed by atoms with van der Waals surface area (Å²) in [5, 5.41) is 17.9. The van der Waals surface area contributed by atoms with Gasteiger partial charge in [-0.1, -0.05) is 48.0 Å². The summed E-state index contributed by atoms with van der Waals surface area (Å²) in [5.41, 5.74) is 2.19. The number of phenolic OH excluding ortho intramolecular Hbond substituents is 1. The number of phenols is 1. The van der Waals surface area contributed by atoms with Crippen LogP contribution in [0.15, 0.2) is 72.2 Å². The van der Waals surface area contributed by atoms with Gasteiger partial charge in [0.15, 0.2) is 0 Å². The molecule has 0 fully saturated rings. The molecule has 2 aromatic carbocycles. The summed E-state index contributed by atoms with van der Waals surface area (Å²) in [6, 6.07) is 19.1. The molecule has 2 heterocycles. The third kappa shape index (κ3) is 3.06. The van der Waals surface area contributed by atoms with E-state index in [1.165, 1.54) is 0 Å². The van der Waals surface area contributed by atoms with Gasteiger partial charge in [0, 0.05) is 22.0 Å². The molecule has 5 heteroatoms. The molecule has 4 rings (SSSR count). The molecule has 3 nitrogen and oxygen atoms in total. The number of thiophene rings is 1. The average molecular weight is 367 g/mol. The number of rotatable bonds is 4. The maximum atomic E-state index is 10.8. The first kappa shape index (κ1) is 15.9. The van der Waals surface area contributed by atoms with Crippen LogP contribution in [-0.2, 0) is 0 Å². The van der Waals surface area contributed by atoms with Gasteiger partial charge in [0.2, 0.25) is 0 Å². The number of hydrogen-bond acceptors (Lipinski definition) is 4. The van der Waals surface area contributed by atoms with E-state index in [1.807, 2.05) is 66.0 Å². The third-order valence-corrected chi connectivity index (χ3v) is 5.36. The third-order valence-electron chi connectivity index (χ3n) is 4.09. The normalized spacial score (nSPS) is 12.2. The first-order valence-corrected chi connectivity index (χ1v) is 9.11. The fourth-order valence-electron chi connectivity index (χ4n) is 2.87. The van der Waals surface area contributed by atoms with Crippen LogP contribution in [0.5, 0.6) is 5.75 Å². The first-order chi connectivity index (χ1) is 12.2.